The topological polar surface area (TPSA) is 42.7 Å². The Hall–Kier alpha value is -1.36. The highest BCUT2D eigenvalue weighted by Crippen LogP contribution is 2.41. The number of thiazole rings is 1. The lowest BCUT2D eigenvalue weighted by atomic mass is 10.4. The van der Waals surface area contributed by atoms with E-state index in [1.54, 1.807) is 16.0 Å². The fourth-order valence-electron chi connectivity index (χ4n) is 1.63. The quantitative estimate of drug-likeness (QED) is 0.883. The van der Waals surface area contributed by atoms with E-state index in [1.807, 2.05) is 19.4 Å². The van der Waals surface area contributed by atoms with Gasteiger partial charge >= 0.3 is 0 Å². The lowest BCUT2D eigenvalue weighted by molar-refractivity contribution is 0.768. The number of nitrogens with zero attached hydrogens (tertiary/aromatic N) is 3. The summed E-state index contributed by atoms with van der Waals surface area (Å²) in [7, 11) is 1.92. The lowest BCUT2D eigenvalue weighted by Crippen LogP contribution is -1.98. The average molecular weight is 234 g/mol. The van der Waals surface area contributed by atoms with E-state index in [-0.39, 0.29) is 0 Å². The first-order valence-corrected chi connectivity index (χ1v) is 6.36. The maximum Gasteiger partial charge on any atom is 0.0960 e. The SMILES string of the molecule is Cn1cc(NCc2csc(C3CC3)n2)cn1. The van der Waals surface area contributed by atoms with Crippen molar-refractivity contribution >= 4 is 17.0 Å². The van der Waals surface area contributed by atoms with Crippen molar-refractivity contribution < 1.29 is 0 Å². The molecule has 0 bridgehead atoms. The molecule has 0 spiro atoms. The van der Waals surface area contributed by atoms with Gasteiger partial charge in [-0.1, -0.05) is 0 Å². The minimum atomic E-state index is 0.761. The van der Waals surface area contributed by atoms with Crippen molar-refractivity contribution in [1.82, 2.24) is 14.8 Å². The zero-order chi connectivity index (χ0) is 11.0. The van der Waals surface area contributed by atoms with Crippen molar-refractivity contribution in [2.45, 2.75) is 25.3 Å². The van der Waals surface area contributed by atoms with Crippen molar-refractivity contribution in [3.8, 4) is 0 Å². The van der Waals surface area contributed by atoms with Crippen LogP contribution in [0.25, 0.3) is 0 Å². The molecule has 0 unspecified atom stereocenters. The van der Waals surface area contributed by atoms with E-state index in [0.29, 0.717) is 0 Å². The van der Waals surface area contributed by atoms with E-state index in [1.165, 1.54) is 17.8 Å². The molecule has 1 saturated carbocycles. The highest BCUT2D eigenvalue weighted by molar-refractivity contribution is 7.09. The van der Waals surface area contributed by atoms with Gasteiger partial charge in [0.1, 0.15) is 0 Å². The normalized spacial score (nSPS) is 15.3. The molecule has 0 aromatic carbocycles. The van der Waals surface area contributed by atoms with Crippen LogP contribution in [0.2, 0.25) is 0 Å². The van der Waals surface area contributed by atoms with Gasteiger partial charge in [-0.3, -0.25) is 4.68 Å². The Balaban J connectivity index is 1.61. The minimum absolute atomic E-state index is 0.761. The first-order chi connectivity index (χ1) is 7.81. The summed E-state index contributed by atoms with van der Waals surface area (Å²) in [5, 5.41) is 10.9. The maximum absolute atomic E-state index is 4.62. The van der Waals surface area contributed by atoms with Crippen LogP contribution >= 0.6 is 11.3 Å². The van der Waals surface area contributed by atoms with E-state index < -0.39 is 0 Å². The summed E-state index contributed by atoms with van der Waals surface area (Å²) in [4.78, 5) is 4.62. The second-order valence-electron chi connectivity index (χ2n) is 4.21. The summed E-state index contributed by atoms with van der Waals surface area (Å²) in [6.45, 7) is 0.787. The van der Waals surface area contributed by atoms with Gasteiger partial charge in [0.15, 0.2) is 0 Å². The van der Waals surface area contributed by atoms with Crippen LogP contribution in [0, 0.1) is 0 Å². The van der Waals surface area contributed by atoms with Crippen molar-refractivity contribution in [3.05, 3.63) is 28.5 Å². The summed E-state index contributed by atoms with van der Waals surface area (Å²) in [6.07, 6.45) is 6.44. The number of rotatable bonds is 4. The Morgan fingerprint density at radius 1 is 1.56 bits per heavy atom. The molecule has 4 nitrogen and oxygen atoms in total. The molecule has 2 aromatic heterocycles. The molecule has 2 aromatic rings. The molecule has 1 aliphatic rings. The first-order valence-electron chi connectivity index (χ1n) is 5.48. The first kappa shape index (κ1) is 9.84. The largest absolute Gasteiger partial charge is 0.377 e. The Labute approximate surface area is 98.3 Å². The van der Waals surface area contributed by atoms with Crippen LogP contribution in [0.3, 0.4) is 0 Å². The van der Waals surface area contributed by atoms with Crippen LogP contribution in [-0.2, 0) is 13.6 Å². The molecular formula is C11H14N4S. The molecule has 5 heteroatoms. The number of hydrogen-bond donors (Lipinski definition) is 1. The highest BCUT2D eigenvalue weighted by atomic mass is 32.1. The van der Waals surface area contributed by atoms with Gasteiger partial charge in [-0.15, -0.1) is 11.3 Å². The number of nitrogens with one attached hydrogen (secondary N) is 1. The molecule has 1 N–H and O–H groups in total. The maximum atomic E-state index is 4.62. The predicted molar refractivity (Wildman–Crippen MR) is 64.6 cm³/mol. The molecule has 0 atom stereocenters. The van der Waals surface area contributed by atoms with Crippen molar-refractivity contribution in [1.29, 1.82) is 0 Å². The van der Waals surface area contributed by atoms with E-state index >= 15 is 0 Å². The molecule has 84 valence electrons. The van der Waals surface area contributed by atoms with Crippen LogP contribution in [0.15, 0.2) is 17.8 Å². The van der Waals surface area contributed by atoms with Crippen molar-refractivity contribution in [2.75, 3.05) is 5.32 Å². The lowest BCUT2D eigenvalue weighted by Gasteiger charge is -1.99. The minimum Gasteiger partial charge on any atom is -0.377 e. The second-order valence-corrected chi connectivity index (χ2v) is 5.10. The Morgan fingerprint density at radius 3 is 3.12 bits per heavy atom. The third kappa shape index (κ3) is 2.09. The molecule has 1 aliphatic carbocycles. The summed E-state index contributed by atoms with van der Waals surface area (Å²) in [5.74, 6) is 0.761. The van der Waals surface area contributed by atoms with E-state index in [0.717, 1.165) is 23.8 Å². The molecule has 0 saturated heterocycles. The monoisotopic (exact) mass is 234 g/mol. The van der Waals surface area contributed by atoms with E-state index in [2.05, 4.69) is 20.8 Å². The van der Waals surface area contributed by atoms with Crippen LogP contribution in [-0.4, -0.2) is 14.8 Å². The molecule has 0 aliphatic heterocycles. The molecule has 0 amide bonds. The van der Waals surface area contributed by atoms with E-state index in [9.17, 15) is 0 Å². The number of hydrogen-bond acceptors (Lipinski definition) is 4. The fraction of sp³-hybridized carbons (Fsp3) is 0.455. The number of anilines is 1. The highest BCUT2D eigenvalue weighted by Gasteiger charge is 2.26. The van der Waals surface area contributed by atoms with Gasteiger partial charge in [-0.05, 0) is 12.8 Å². The Bertz CT molecular complexity index is 484. The van der Waals surface area contributed by atoms with Gasteiger partial charge in [-0.2, -0.15) is 5.10 Å². The smallest absolute Gasteiger partial charge is 0.0960 e. The Kier molecular flexibility index (Phi) is 2.40. The van der Waals surface area contributed by atoms with Gasteiger partial charge in [0, 0.05) is 24.5 Å². The van der Waals surface area contributed by atoms with Crippen LogP contribution in [0.5, 0.6) is 0 Å². The molecule has 0 radical (unpaired) electrons. The molecule has 3 rings (SSSR count). The third-order valence-corrected chi connectivity index (χ3v) is 3.73. The van der Waals surface area contributed by atoms with E-state index in [4.69, 9.17) is 0 Å². The Morgan fingerprint density at radius 2 is 2.44 bits per heavy atom. The van der Waals surface area contributed by atoms with Crippen LogP contribution in [0.4, 0.5) is 5.69 Å². The summed E-state index contributed by atoms with van der Waals surface area (Å²) in [5.41, 5.74) is 2.18. The summed E-state index contributed by atoms with van der Waals surface area (Å²) < 4.78 is 1.79. The predicted octanol–water partition coefficient (Wildman–Crippen LogP) is 2.37. The third-order valence-electron chi connectivity index (χ3n) is 2.67. The summed E-state index contributed by atoms with van der Waals surface area (Å²) >= 11 is 1.79. The van der Waals surface area contributed by atoms with Gasteiger partial charge in [0.25, 0.3) is 0 Å². The molecular weight excluding hydrogens is 220 g/mol. The molecule has 16 heavy (non-hydrogen) atoms. The zero-order valence-corrected chi connectivity index (χ0v) is 10.00. The van der Waals surface area contributed by atoms with Gasteiger partial charge < -0.3 is 5.32 Å². The summed E-state index contributed by atoms with van der Waals surface area (Å²) in [6, 6.07) is 0. The van der Waals surface area contributed by atoms with Gasteiger partial charge in [0.2, 0.25) is 0 Å². The van der Waals surface area contributed by atoms with Crippen LogP contribution < -0.4 is 5.32 Å². The zero-order valence-electron chi connectivity index (χ0n) is 9.18. The fourth-order valence-corrected chi connectivity index (χ4v) is 2.62. The van der Waals surface area contributed by atoms with Crippen molar-refractivity contribution in [3.63, 3.8) is 0 Å². The van der Waals surface area contributed by atoms with Gasteiger partial charge in [0.05, 0.1) is 29.1 Å². The molecule has 2 heterocycles. The molecule has 1 fully saturated rings. The number of aromatic nitrogens is 3. The second kappa shape index (κ2) is 3.90. The van der Waals surface area contributed by atoms with Crippen LogP contribution in [0.1, 0.15) is 29.5 Å². The number of aryl methyl sites for hydroxylation is 1. The van der Waals surface area contributed by atoms with Gasteiger partial charge in [-0.25, -0.2) is 4.98 Å². The standard InChI is InChI=1S/C11H14N4S/c1-15-6-9(5-13-15)12-4-10-7-16-11(14-10)8-2-3-8/h5-8,12H,2-4H2,1H3. The average Bonchev–Trinajstić information content (AvgIpc) is 2.87. The van der Waals surface area contributed by atoms with Crippen molar-refractivity contribution in [2.24, 2.45) is 7.05 Å².